The Labute approximate surface area is 194 Å². The van der Waals surface area contributed by atoms with E-state index in [2.05, 4.69) is 15.8 Å². The molecule has 3 rings (SSSR count). The zero-order valence-corrected chi connectivity index (χ0v) is 18.7. The number of amides is 2. The maximum Gasteiger partial charge on any atom is 0.276 e. The van der Waals surface area contributed by atoms with Crippen molar-refractivity contribution in [1.29, 1.82) is 0 Å². The first kappa shape index (κ1) is 23.4. The van der Waals surface area contributed by atoms with Crippen LogP contribution in [0, 0.1) is 0 Å². The number of carbonyl (C=O) groups is 2. The second-order valence-electron chi connectivity index (χ2n) is 6.51. The second kappa shape index (κ2) is 11.4. The molecule has 0 atom stereocenters. The molecule has 2 N–H and O–H groups in total. The van der Waals surface area contributed by atoms with Crippen LogP contribution in [0.2, 0.25) is 10.0 Å². The number of carbonyl (C=O) groups excluding carboxylic acids is 2. The summed E-state index contributed by atoms with van der Waals surface area (Å²) >= 11 is 12.1. The average Bonchev–Trinajstić information content (AvgIpc) is 3.24. The van der Waals surface area contributed by atoms with Gasteiger partial charge in [-0.3, -0.25) is 20.4 Å². The minimum absolute atomic E-state index is 0.0581. The number of aryl methyl sites for hydroxylation is 1. The van der Waals surface area contributed by atoms with Gasteiger partial charge in [0.05, 0.1) is 17.8 Å². The Kier molecular flexibility index (Phi) is 8.35. The number of aromatic nitrogens is 1. The molecule has 8 nitrogen and oxygen atoms in total. The number of ether oxygens (including phenoxy) is 2. The van der Waals surface area contributed by atoms with E-state index in [4.69, 9.17) is 37.1 Å². The SMILES string of the molecule is CCOc1ccccc1OCC(=O)NNC(=O)CCc1ncc(-c2ccc(Cl)cc2Cl)o1. The summed E-state index contributed by atoms with van der Waals surface area (Å²) in [7, 11) is 0. The highest BCUT2D eigenvalue weighted by Crippen LogP contribution is 2.31. The molecule has 1 aromatic heterocycles. The number of halogens is 2. The van der Waals surface area contributed by atoms with E-state index in [9.17, 15) is 9.59 Å². The number of nitrogens with one attached hydrogen (secondary N) is 2. The molecule has 0 spiro atoms. The maximum atomic E-state index is 12.0. The molecule has 0 bridgehead atoms. The van der Waals surface area contributed by atoms with Gasteiger partial charge < -0.3 is 13.9 Å². The topological polar surface area (TPSA) is 103 Å². The molecule has 32 heavy (non-hydrogen) atoms. The predicted octanol–water partition coefficient (Wildman–Crippen LogP) is 4.21. The number of hydrogen-bond acceptors (Lipinski definition) is 6. The highest BCUT2D eigenvalue weighted by Gasteiger charge is 2.13. The molecule has 0 saturated carbocycles. The van der Waals surface area contributed by atoms with Crippen molar-refractivity contribution in [2.24, 2.45) is 0 Å². The van der Waals surface area contributed by atoms with Gasteiger partial charge in [0, 0.05) is 23.4 Å². The lowest BCUT2D eigenvalue weighted by atomic mass is 10.2. The largest absolute Gasteiger partial charge is 0.490 e. The van der Waals surface area contributed by atoms with E-state index in [1.54, 1.807) is 42.5 Å². The van der Waals surface area contributed by atoms with Gasteiger partial charge in [-0.2, -0.15) is 0 Å². The molecule has 0 radical (unpaired) electrons. The lowest BCUT2D eigenvalue weighted by molar-refractivity contribution is -0.130. The Morgan fingerprint density at radius 2 is 1.75 bits per heavy atom. The van der Waals surface area contributed by atoms with Crippen LogP contribution in [-0.2, 0) is 16.0 Å². The molecular weight excluding hydrogens is 457 g/mol. The maximum absolute atomic E-state index is 12.0. The number of para-hydroxylation sites is 2. The number of hydrazine groups is 1. The Morgan fingerprint density at radius 1 is 1.03 bits per heavy atom. The van der Waals surface area contributed by atoms with Crippen LogP contribution >= 0.6 is 23.2 Å². The van der Waals surface area contributed by atoms with Gasteiger partial charge in [0.15, 0.2) is 29.8 Å². The predicted molar refractivity (Wildman–Crippen MR) is 120 cm³/mol. The minimum atomic E-state index is -0.513. The molecule has 1 heterocycles. The molecule has 2 amide bonds. The van der Waals surface area contributed by atoms with Crippen LogP contribution in [0.3, 0.4) is 0 Å². The fourth-order valence-electron chi connectivity index (χ4n) is 2.69. The second-order valence-corrected chi connectivity index (χ2v) is 7.35. The Morgan fingerprint density at radius 3 is 2.47 bits per heavy atom. The molecule has 3 aromatic rings. The highest BCUT2D eigenvalue weighted by atomic mass is 35.5. The van der Waals surface area contributed by atoms with Crippen LogP contribution in [0.1, 0.15) is 19.2 Å². The van der Waals surface area contributed by atoms with Crippen molar-refractivity contribution >= 4 is 35.0 Å². The smallest absolute Gasteiger partial charge is 0.276 e. The van der Waals surface area contributed by atoms with Crippen molar-refractivity contribution in [3.8, 4) is 22.8 Å². The standard InChI is InChI=1S/C22H21Cl2N3O5/c1-2-30-17-5-3-4-6-18(17)31-13-21(29)27-26-20(28)9-10-22-25-12-19(32-22)15-8-7-14(23)11-16(15)24/h3-8,11-12H,2,9-10,13H2,1H3,(H,26,28)(H,27,29). The number of benzene rings is 2. The van der Waals surface area contributed by atoms with E-state index in [1.807, 2.05) is 6.92 Å². The van der Waals surface area contributed by atoms with Crippen molar-refractivity contribution in [3.63, 3.8) is 0 Å². The van der Waals surface area contributed by atoms with Crippen molar-refractivity contribution in [3.05, 3.63) is 64.6 Å². The summed E-state index contributed by atoms with van der Waals surface area (Å²) in [6.07, 6.45) is 1.83. The monoisotopic (exact) mass is 477 g/mol. The van der Waals surface area contributed by atoms with E-state index in [1.165, 1.54) is 6.20 Å². The van der Waals surface area contributed by atoms with E-state index in [0.717, 1.165) is 0 Å². The summed E-state index contributed by atoms with van der Waals surface area (Å²) in [5.74, 6) is 0.898. The van der Waals surface area contributed by atoms with Crippen LogP contribution in [0.25, 0.3) is 11.3 Å². The summed E-state index contributed by atoms with van der Waals surface area (Å²) in [5.41, 5.74) is 5.28. The van der Waals surface area contributed by atoms with Crippen molar-refractivity contribution in [2.75, 3.05) is 13.2 Å². The van der Waals surface area contributed by atoms with Gasteiger partial charge >= 0.3 is 0 Å². The average molecular weight is 478 g/mol. The molecule has 2 aromatic carbocycles. The van der Waals surface area contributed by atoms with Crippen molar-refractivity contribution in [2.45, 2.75) is 19.8 Å². The first-order chi connectivity index (χ1) is 15.5. The van der Waals surface area contributed by atoms with E-state index in [0.29, 0.717) is 45.4 Å². The third kappa shape index (κ3) is 6.63. The normalized spacial score (nSPS) is 10.5. The van der Waals surface area contributed by atoms with Gasteiger partial charge in [-0.15, -0.1) is 0 Å². The van der Waals surface area contributed by atoms with Gasteiger partial charge in [0.2, 0.25) is 5.91 Å². The first-order valence-corrected chi connectivity index (χ1v) is 10.5. The Hall–Kier alpha value is -3.23. The van der Waals surface area contributed by atoms with Crippen LogP contribution in [0.15, 0.2) is 53.1 Å². The van der Waals surface area contributed by atoms with Gasteiger partial charge in [0.25, 0.3) is 5.91 Å². The molecule has 0 saturated heterocycles. The first-order valence-electron chi connectivity index (χ1n) is 9.78. The van der Waals surface area contributed by atoms with Gasteiger partial charge in [0.1, 0.15) is 0 Å². The molecule has 0 unspecified atom stereocenters. The van der Waals surface area contributed by atoms with Gasteiger partial charge in [-0.05, 0) is 37.3 Å². The number of nitrogens with zero attached hydrogens (tertiary/aromatic N) is 1. The van der Waals surface area contributed by atoms with Crippen LogP contribution in [0.5, 0.6) is 11.5 Å². The zero-order chi connectivity index (χ0) is 22.9. The van der Waals surface area contributed by atoms with Crippen molar-refractivity contribution < 1.29 is 23.5 Å². The Balaban J connectivity index is 1.42. The molecular formula is C22H21Cl2N3O5. The van der Waals surface area contributed by atoms with E-state index < -0.39 is 11.8 Å². The number of oxazole rings is 1. The summed E-state index contributed by atoms with van der Waals surface area (Å²) in [5, 5.41) is 0.952. The summed E-state index contributed by atoms with van der Waals surface area (Å²) in [4.78, 5) is 28.1. The van der Waals surface area contributed by atoms with Gasteiger partial charge in [-0.1, -0.05) is 35.3 Å². The zero-order valence-electron chi connectivity index (χ0n) is 17.2. The molecule has 168 valence electrons. The third-order valence-electron chi connectivity index (χ3n) is 4.17. The van der Waals surface area contributed by atoms with Crippen molar-refractivity contribution in [1.82, 2.24) is 15.8 Å². The number of rotatable bonds is 9. The van der Waals surface area contributed by atoms with E-state index >= 15 is 0 Å². The molecule has 0 aliphatic heterocycles. The molecule has 0 fully saturated rings. The Bertz CT molecular complexity index is 1090. The highest BCUT2D eigenvalue weighted by molar-refractivity contribution is 6.36. The van der Waals surface area contributed by atoms with Crippen LogP contribution < -0.4 is 20.3 Å². The molecule has 0 aliphatic carbocycles. The minimum Gasteiger partial charge on any atom is -0.490 e. The number of hydrogen-bond donors (Lipinski definition) is 2. The summed E-state index contributed by atoms with van der Waals surface area (Å²) < 4.78 is 16.5. The fourth-order valence-corrected chi connectivity index (χ4v) is 3.19. The lowest BCUT2D eigenvalue weighted by Crippen LogP contribution is -2.43. The van der Waals surface area contributed by atoms with Crippen LogP contribution in [-0.4, -0.2) is 30.0 Å². The fraction of sp³-hybridized carbons (Fsp3) is 0.227. The molecule has 0 aliphatic rings. The van der Waals surface area contributed by atoms with E-state index in [-0.39, 0.29) is 19.4 Å². The van der Waals surface area contributed by atoms with Crippen LogP contribution in [0.4, 0.5) is 0 Å². The summed E-state index contributed by atoms with van der Waals surface area (Å²) in [6, 6.07) is 12.0. The van der Waals surface area contributed by atoms with Gasteiger partial charge in [-0.25, -0.2) is 4.98 Å². The quantitative estimate of drug-likeness (QED) is 0.447. The summed E-state index contributed by atoms with van der Waals surface area (Å²) in [6.45, 7) is 2.04. The molecule has 10 heteroatoms. The lowest BCUT2D eigenvalue weighted by Gasteiger charge is -2.12. The third-order valence-corrected chi connectivity index (χ3v) is 4.71.